The number of rotatable bonds is 4. The van der Waals surface area contributed by atoms with Gasteiger partial charge in [-0.25, -0.2) is 13.1 Å². The summed E-state index contributed by atoms with van der Waals surface area (Å²) in [6.07, 6.45) is 1.14. The van der Waals surface area contributed by atoms with Crippen LogP contribution in [0, 0.1) is 13.8 Å². The average Bonchev–Trinajstić information content (AvgIpc) is 2.55. The van der Waals surface area contributed by atoms with Gasteiger partial charge in [-0.05, 0) is 60.7 Å². The molecule has 0 saturated heterocycles. The molecule has 0 aromatic heterocycles. The van der Waals surface area contributed by atoms with Gasteiger partial charge in [-0.2, -0.15) is 0 Å². The minimum absolute atomic E-state index is 0.0192. The third-order valence-corrected chi connectivity index (χ3v) is 5.72. The van der Waals surface area contributed by atoms with E-state index >= 15 is 0 Å². The molecule has 3 rings (SSSR count). The van der Waals surface area contributed by atoms with E-state index in [9.17, 15) is 13.2 Å². The summed E-state index contributed by atoms with van der Waals surface area (Å²) in [5.41, 5.74) is 4.73. The Morgan fingerprint density at radius 2 is 1.83 bits per heavy atom. The number of hydrogen-bond donors (Lipinski definition) is 2. The van der Waals surface area contributed by atoms with Crippen molar-refractivity contribution in [2.75, 3.05) is 5.32 Å². The molecular weight excluding hydrogens is 324 g/mol. The summed E-state index contributed by atoms with van der Waals surface area (Å²) in [7, 11) is -3.55. The molecule has 0 radical (unpaired) electrons. The van der Waals surface area contributed by atoms with Gasteiger partial charge in [0.1, 0.15) is 0 Å². The fourth-order valence-electron chi connectivity index (χ4n) is 2.69. The minimum Gasteiger partial charge on any atom is -0.326 e. The molecule has 0 bridgehead atoms. The molecule has 126 valence electrons. The number of fused-ring (bicyclic) bond motifs is 1. The lowest BCUT2D eigenvalue weighted by molar-refractivity contribution is -0.116. The van der Waals surface area contributed by atoms with Crippen molar-refractivity contribution >= 4 is 21.6 Å². The number of nitrogens with one attached hydrogen (secondary N) is 2. The lowest BCUT2D eigenvalue weighted by Gasteiger charge is -2.17. The normalized spacial score (nSPS) is 14.2. The fourth-order valence-corrected chi connectivity index (χ4v) is 3.79. The number of carbonyl (C=O) groups is 1. The van der Waals surface area contributed by atoms with Crippen molar-refractivity contribution in [2.24, 2.45) is 0 Å². The van der Waals surface area contributed by atoms with Gasteiger partial charge in [-0.1, -0.05) is 18.2 Å². The van der Waals surface area contributed by atoms with Gasteiger partial charge in [0.2, 0.25) is 15.9 Å². The van der Waals surface area contributed by atoms with Crippen molar-refractivity contribution < 1.29 is 13.2 Å². The van der Waals surface area contributed by atoms with Gasteiger partial charge >= 0.3 is 0 Å². The van der Waals surface area contributed by atoms with Gasteiger partial charge in [0.15, 0.2) is 0 Å². The van der Waals surface area contributed by atoms with Crippen LogP contribution in [0.25, 0.3) is 0 Å². The van der Waals surface area contributed by atoms with Gasteiger partial charge in [-0.3, -0.25) is 4.79 Å². The van der Waals surface area contributed by atoms with E-state index < -0.39 is 10.0 Å². The van der Waals surface area contributed by atoms with Crippen molar-refractivity contribution in [1.82, 2.24) is 4.72 Å². The Morgan fingerprint density at radius 3 is 2.58 bits per heavy atom. The van der Waals surface area contributed by atoms with Crippen LogP contribution >= 0.6 is 0 Å². The second-order valence-corrected chi connectivity index (χ2v) is 7.88. The Morgan fingerprint density at radius 1 is 1.04 bits per heavy atom. The second kappa shape index (κ2) is 6.37. The van der Waals surface area contributed by atoms with Gasteiger partial charge < -0.3 is 5.32 Å². The molecule has 2 N–H and O–H groups in total. The van der Waals surface area contributed by atoms with Crippen LogP contribution in [0.3, 0.4) is 0 Å². The Hall–Kier alpha value is -2.18. The quantitative estimate of drug-likeness (QED) is 0.895. The van der Waals surface area contributed by atoms with E-state index in [1.165, 1.54) is 0 Å². The monoisotopic (exact) mass is 344 g/mol. The van der Waals surface area contributed by atoms with E-state index in [0.717, 1.165) is 27.9 Å². The number of anilines is 1. The molecule has 1 aliphatic heterocycles. The van der Waals surface area contributed by atoms with E-state index in [1.807, 2.05) is 38.1 Å². The maximum absolute atomic E-state index is 12.4. The largest absolute Gasteiger partial charge is 0.326 e. The van der Waals surface area contributed by atoms with Crippen molar-refractivity contribution in [2.45, 2.75) is 38.1 Å². The third-order valence-electron chi connectivity index (χ3n) is 4.32. The Labute approximate surface area is 142 Å². The highest BCUT2D eigenvalue weighted by molar-refractivity contribution is 7.89. The summed E-state index contributed by atoms with van der Waals surface area (Å²) in [4.78, 5) is 11.6. The molecule has 6 heteroatoms. The molecule has 2 aromatic carbocycles. The number of aryl methyl sites for hydroxylation is 3. The zero-order valence-corrected chi connectivity index (χ0v) is 14.5. The summed E-state index contributed by atoms with van der Waals surface area (Å²) in [6, 6.07) is 10.7. The van der Waals surface area contributed by atoms with Gasteiger partial charge in [0, 0.05) is 18.7 Å². The molecule has 1 aliphatic rings. The van der Waals surface area contributed by atoms with Gasteiger partial charge in [0.05, 0.1) is 4.90 Å². The summed E-state index contributed by atoms with van der Waals surface area (Å²) in [5, 5.41) is 2.82. The first-order valence-corrected chi connectivity index (χ1v) is 9.32. The molecule has 0 unspecified atom stereocenters. The van der Waals surface area contributed by atoms with Crippen LogP contribution in [-0.2, 0) is 27.8 Å². The first kappa shape index (κ1) is 16.7. The van der Waals surface area contributed by atoms with E-state index in [2.05, 4.69) is 10.0 Å². The van der Waals surface area contributed by atoms with Gasteiger partial charge in [0.25, 0.3) is 0 Å². The van der Waals surface area contributed by atoms with Crippen LogP contribution < -0.4 is 10.0 Å². The molecule has 0 aliphatic carbocycles. The van der Waals surface area contributed by atoms with E-state index in [-0.39, 0.29) is 17.3 Å². The van der Waals surface area contributed by atoms with Crippen molar-refractivity contribution in [3.63, 3.8) is 0 Å². The highest BCUT2D eigenvalue weighted by Crippen LogP contribution is 2.24. The molecule has 0 saturated carbocycles. The summed E-state index contributed by atoms with van der Waals surface area (Å²) < 4.78 is 27.5. The highest BCUT2D eigenvalue weighted by Gasteiger charge is 2.17. The third kappa shape index (κ3) is 3.49. The first-order valence-electron chi connectivity index (χ1n) is 7.84. The summed E-state index contributed by atoms with van der Waals surface area (Å²) in [5.74, 6) is 0.0192. The van der Waals surface area contributed by atoms with Crippen LogP contribution in [0.1, 0.15) is 28.7 Å². The Kier molecular flexibility index (Phi) is 4.43. The molecular formula is C18H20N2O3S. The highest BCUT2D eigenvalue weighted by atomic mass is 32.2. The summed E-state index contributed by atoms with van der Waals surface area (Å²) in [6.45, 7) is 4.06. The molecule has 0 spiro atoms. The molecule has 1 heterocycles. The van der Waals surface area contributed by atoms with Crippen LogP contribution in [0.4, 0.5) is 5.69 Å². The van der Waals surface area contributed by atoms with Crippen molar-refractivity contribution in [3.05, 3.63) is 58.7 Å². The number of carbonyl (C=O) groups excluding carboxylic acids is 1. The zero-order chi connectivity index (χ0) is 17.3. The van der Waals surface area contributed by atoms with E-state index in [1.54, 1.807) is 12.1 Å². The fraction of sp³-hybridized carbons (Fsp3) is 0.278. The van der Waals surface area contributed by atoms with E-state index in [0.29, 0.717) is 12.8 Å². The smallest absolute Gasteiger partial charge is 0.240 e. The van der Waals surface area contributed by atoms with Crippen LogP contribution in [0.15, 0.2) is 41.3 Å². The second-order valence-electron chi connectivity index (χ2n) is 6.11. The molecule has 2 aromatic rings. The lowest BCUT2D eigenvalue weighted by atomic mass is 10.0. The zero-order valence-electron chi connectivity index (χ0n) is 13.7. The summed E-state index contributed by atoms with van der Waals surface area (Å²) >= 11 is 0. The van der Waals surface area contributed by atoms with Crippen molar-refractivity contribution in [3.8, 4) is 0 Å². The average molecular weight is 344 g/mol. The first-order chi connectivity index (χ1) is 11.3. The number of amides is 1. The molecule has 5 nitrogen and oxygen atoms in total. The SMILES string of the molecule is Cc1ccc(S(=O)(=O)NCc2ccc3c(c2)CCC(=O)N3)cc1C. The minimum atomic E-state index is -3.55. The maximum Gasteiger partial charge on any atom is 0.240 e. The van der Waals surface area contributed by atoms with E-state index in [4.69, 9.17) is 0 Å². The van der Waals surface area contributed by atoms with Crippen LogP contribution in [-0.4, -0.2) is 14.3 Å². The predicted octanol–water partition coefficient (Wildman–Crippen LogP) is 2.67. The number of hydrogen-bond acceptors (Lipinski definition) is 3. The van der Waals surface area contributed by atoms with Crippen LogP contribution in [0.5, 0.6) is 0 Å². The molecule has 1 amide bonds. The Bertz CT molecular complexity index is 904. The van der Waals surface area contributed by atoms with Crippen LogP contribution in [0.2, 0.25) is 0 Å². The lowest BCUT2D eigenvalue weighted by Crippen LogP contribution is -2.24. The molecule has 24 heavy (non-hydrogen) atoms. The number of benzene rings is 2. The Balaban J connectivity index is 1.75. The number of sulfonamides is 1. The predicted molar refractivity (Wildman–Crippen MR) is 93.3 cm³/mol. The van der Waals surface area contributed by atoms with Gasteiger partial charge in [-0.15, -0.1) is 0 Å². The molecule has 0 fully saturated rings. The maximum atomic E-state index is 12.4. The standard InChI is InChI=1S/C18H20N2O3S/c1-12-3-6-16(9-13(12)2)24(22,23)19-11-14-4-7-17-15(10-14)5-8-18(21)20-17/h3-4,6-7,9-10,19H,5,8,11H2,1-2H3,(H,20,21). The topological polar surface area (TPSA) is 75.3 Å². The van der Waals surface area contributed by atoms with Crippen molar-refractivity contribution in [1.29, 1.82) is 0 Å². The molecule has 0 atom stereocenters.